The number of phenols is 1. The second-order valence-electron chi connectivity index (χ2n) is 4.43. The van der Waals surface area contributed by atoms with Crippen molar-refractivity contribution in [2.45, 2.75) is 6.42 Å². The van der Waals surface area contributed by atoms with Gasteiger partial charge in [-0.15, -0.1) is 0 Å². The summed E-state index contributed by atoms with van der Waals surface area (Å²) in [6.07, 6.45) is 2.56. The molecule has 0 spiro atoms. The molecule has 0 unspecified atom stereocenters. The first-order valence-electron chi connectivity index (χ1n) is 6.04. The lowest BCUT2D eigenvalue weighted by molar-refractivity contribution is 0.476. The molecule has 3 rings (SSSR count). The first-order chi connectivity index (χ1) is 9.25. The third-order valence-corrected chi connectivity index (χ3v) is 3.96. The fourth-order valence-corrected chi connectivity index (χ4v) is 2.86. The van der Waals surface area contributed by atoms with Crippen molar-refractivity contribution in [2.75, 3.05) is 0 Å². The summed E-state index contributed by atoms with van der Waals surface area (Å²) >= 11 is 2.15. The highest BCUT2D eigenvalue weighted by molar-refractivity contribution is 14.1. The third-order valence-electron chi connectivity index (χ3n) is 3.14. The van der Waals surface area contributed by atoms with E-state index in [9.17, 15) is 5.11 Å². The van der Waals surface area contributed by atoms with Gasteiger partial charge in [-0.25, -0.2) is 0 Å². The van der Waals surface area contributed by atoms with E-state index in [1.807, 2.05) is 36.4 Å². The quantitative estimate of drug-likeness (QED) is 0.696. The van der Waals surface area contributed by atoms with Crippen LogP contribution in [0.25, 0.3) is 10.9 Å². The lowest BCUT2D eigenvalue weighted by atomic mass is 10.0. The van der Waals surface area contributed by atoms with Crippen molar-refractivity contribution in [3.05, 3.63) is 69.4 Å². The minimum atomic E-state index is 0.271. The van der Waals surface area contributed by atoms with E-state index in [4.69, 9.17) is 0 Å². The Labute approximate surface area is 125 Å². The summed E-state index contributed by atoms with van der Waals surface area (Å²) in [6, 6.07) is 16.3. The predicted molar refractivity (Wildman–Crippen MR) is 85.4 cm³/mol. The molecular weight excluding hydrogens is 349 g/mol. The lowest BCUT2D eigenvalue weighted by Crippen LogP contribution is -1.93. The zero-order valence-electron chi connectivity index (χ0n) is 10.2. The number of hydrogen-bond acceptors (Lipinski definition) is 2. The Kier molecular flexibility index (Phi) is 3.38. The smallest absolute Gasteiger partial charge is 0.155 e. The van der Waals surface area contributed by atoms with Crippen LogP contribution in [0.5, 0.6) is 5.75 Å². The Balaban J connectivity index is 2.16. The van der Waals surface area contributed by atoms with Gasteiger partial charge in [0, 0.05) is 11.6 Å². The molecule has 0 aliphatic heterocycles. The Bertz CT molecular complexity index is 725. The van der Waals surface area contributed by atoms with Crippen molar-refractivity contribution in [1.29, 1.82) is 0 Å². The van der Waals surface area contributed by atoms with Crippen LogP contribution >= 0.6 is 22.6 Å². The van der Waals surface area contributed by atoms with Crippen molar-refractivity contribution in [2.24, 2.45) is 0 Å². The summed E-state index contributed by atoms with van der Waals surface area (Å²) in [4.78, 5) is 4.29. The molecule has 1 heterocycles. The van der Waals surface area contributed by atoms with Crippen molar-refractivity contribution in [3.8, 4) is 5.75 Å². The normalized spacial score (nSPS) is 10.8. The first kappa shape index (κ1) is 12.4. The molecule has 2 aromatic carbocycles. The van der Waals surface area contributed by atoms with Crippen molar-refractivity contribution < 1.29 is 5.11 Å². The number of aromatic nitrogens is 1. The molecule has 0 aliphatic rings. The maximum atomic E-state index is 10.1. The van der Waals surface area contributed by atoms with E-state index in [-0.39, 0.29) is 5.75 Å². The summed E-state index contributed by atoms with van der Waals surface area (Å²) < 4.78 is 0.842. The van der Waals surface area contributed by atoms with Gasteiger partial charge in [0.15, 0.2) is 5.75 Å². The molecule has 19 heavy (non-hydrogen) atoms. The predicted octanol–water partition coefficient (Wildman–Crippen LogP) is 4.14. The van der Waals surface area contributed by atoms with E-state index in [1.165, 1.54) is 11.1 Å². The second kappa shape index (κ2) is 5.17. The number of hydrogen-bond donors (Lipinski definition) is 1. The largest absolute Gasteiger partial charge is 0.505 e. The third kappa shape index (κ3) is 2.42. The number of benzene rings is 2. The van der Waals surface area contributed by atoms with Gasteiger partial charge in [-0.3, -0.25) is 4.98 Å². The average molecular weight is 361 g/mol. The molecule has 1 N–H and O–H groups in total. The zero-order chi connectivity index (χ0) is 13.2. The number of fused-ring (bicyclic) bond motifs is 1. The fourth-order valence-electron chi connectivity index (χ4n) is 2.23. The van der Waals surface area contributed by atoms with Crippen LogP contribution in [-0.4, -0.2) is 10.1 Å². The Morgan fingerprint density at radius 3 is 2.63 bits per heavy atom. The highest BCUT2D eigenvalue weighted by Crippen LogP contribution is 2.32. The van der Waals surface area contributed by atoms with E-state index in [0.717, 1.165) is 15.4 Å². The molecule has 0 atom stereocenters. The monoisotopic (exact) mass is 361 g/mol. The number of rotatable bonds is 2. The van der Waals surface area contributed by atoms with E-state index in [1.54, 1.807) is 6.20 Å². The van der Waals surface area contributed by atoms with Gasteiger partial charge in [-0.1, -0.05) is 36.4 Å². The minimum Gasteiger partial charge on any atom is -0.505 e. The van der Waals surface area contributed by atoms with Gasteiger partial charge >= 0.3 is 0 Å². The molecule has 0 saturated carbocycles. The first-order valence-corrected chi connectivity index (χ1v) is 7.12. The number of aromatic hydroxyl groups is 1. The van der Waals surface area contributed by atoms with Crippen LogP contribution in [0.1, 0.15) is 11.1 Å². The van der Waals surface area contributed by atoms with Crippen molar-refractivity contribution >= 4 is 33.5 Å². The van der Waals surface area contributed by atoms with E-state index < -0.39 is 0 Å². The van der Waals surface area contributed by atoms with Crippen molar-refractivity contribution in [3.63, 3.8) is 0 Å². The summed E-state index contributed by atoms with van der Waals surface area (Å²) in [5.74, 6) is 0.271. The standard InChI is InChI=1S/C16H12INO/c17-14-10-12(9-11-5-2-1-3-6-11)13-7-4-8-18-15(13)16(14)19/h1-8,10,19H,9H2. The number of pyridine rings is 1. The van der Waals surface area contributed by atoms with Gasteiger partial charge < -0.3 is 5.11 Å². The van der Waals surface area contributed by atoms with Gasteiger partial charge in [0.2, 0.25) is 0 Å². The second-order valence-corrected chi connectivity index (χ2v) is 5.59. The van der Waals surface area contributed by atoms with Gasteiger partial charge in [0.05, 0.1) is 3.57 Å². The number of nitrogens with zero attached hydrogens (tertiary/aromatic N) is 1. The molecule has 3 aromatic rings. The number of phenolic OH excluding ortho intramolecular Hbond substituents is 1. The fraction of sp³-hybridized carbons (Fsp3) is 0.0625. The molecule has 0 saturated heterocycles. The molecule has 0 fully saturated rings. The number of halogens is 1. The van der Waals surface area contributed by atoms with Gasteiger partial charge in [0.25, 0.3) is 0 Å². The molecule has 3 heteroatoms. The maximum absolute atomic E-state index is 10.1. The molecule has 94 valence electrons. The van der Waals surface area contributed by atoms with Crippen LogP contribution in [0, 0.1) is 3.57 Å². The van der Waals surface area contributed by atoms with E-state index in [2.05, 4.69) is 39.7 Å². The average Bonchev–Trinajstić information content (AvgIpc) is 2.46. The Morgan fingerprint density at radius 2 is 1.84 bits per heavy atom. The molecule has 0 radical (unpaired) electrons. The summed E-state index contributed by atoms with van der Waals surface area (Å²) in [5, 5.41) is 11.1. The van der Waals surface area contributed by atoms with Crippen LogP contribution in [0.3, 0.4) is 0 Å². The lowest BCUT2D eigenvalue weighted by Gasteiger charge is -2.09. The molecule has 1 aromatic heterocycles. The highest BCUT2D eigenvalue weighted by Gasteiger charge is 2.10. The molecular formula is C16H12INO. The summed E-state index contributed by atoms with van der Waals surface area (Å²) in [5.41, 5.74) is 3.13. The van der Waals surface area contributed by atoms with Gasteiger partial charge in [-0.2, -0.15) is 0 Å². The van der Waals surface area contributed by atoms with Crippen LogP contribution in [0.15, 0.2) is 54.7 Å². The van der Waals surface area contributed by atoms with Crippen LogP contribution < -0.4 is 0 Å². The topological polar surface area (TPSA) is 33.1 Å². The van der Waals surface area contributed by atoms with Crippen LogP contribution in [0.4, 0.5) is 0 Å². The SMILES string of the molecule is Oc1c(I)cc(Cc2ccccc2)c2cccnc12. The maximum Gasteiger partial charge on any atom is 0.155 e. The van der Waals surface area contributed by atoms with Crippen molar-refractivity contribution in [1.82, 2.24) is 4.98 Å². The summed E-state index contributed by atoms with van der Waals surface area (Å²) in [6.45, 7) is 0. The molecule has 0 amide bonds. The van der Waals surface area contributed by atoms with Gasteiger partial charge in [0.1, 0.15) is 5.52 Å². The minimum absolute atomic E-state index is 0.271. The Morgan fingerprint density at radius 1 is 1.05 bits per heavy atom. The Hall–Kier alpha value is -1.62. The van der Waals surface area contributed by atoms with E-state index in [0.29, 0.717) is 5.52 Å². The highest BCUT2D eigenvalue weighted by atomic mass is 127. The van der Waals surface area contributed by atoms with Gasteiger partial charge in [-0.05, 0) is 52.3 Å². The van der Waals surface area contributed by atoms with E-state index >= 15 is 0 Å². The van der Waals surface area contributed by atoms with Crippen LogP contribution in [-0.2, 0) is 6.42 Å². The summed E-state index contributed by atoms with van der Waals surface area (Å²) in [7, 11) is 0. The van der Waals surface area contributed by atoms with Crippen LogP contribution in [0.2, 0.25) is 0 Å². The zero-order valence-corrected chi connectivity index (χ0v) is 12.3. The molecule has 2 nitrogen and oxygen atoms in total. The molecule has 0 aliphatic carbocycles. The molecule has 0 bridgehead atoms.